The van der Waals surface area contributed by atoms with Gasteiger partial charge in [0.05, 0.1) is 11.3 Å². The van der Waals surface area contributed by atoms with Crippen molar-refractivity contribution in [1.82, 2.24) is 4.98 Å². The molecule has 0 spiro atoms. The molecule has 0 bridgehead atoms. The van der Waals surface area contributed by atoms with Gasteiger partial charge in [-0.2, -0.15) is 4.89 Å². The van der Waals surface area contributed by atoms with Crippen molar-refractivity contribution in [3.8, 4) is 0 Å². The van der Waals surface area contributed by atoms with Crippen LogP contribution in [0.1, 0.15) is 59.8 Å². The Bertz CT molecular complexity index is 759. The van der Waals surface area contributed by atoms with Gasteiger partial charge in [0.1, 0.15) is 5.60 Å². The average Bonchev–Trinajstić information content (AvgIpc) is 2.99. The lowest BCUT2D eigenvalue weighted by molar-refractivity contribution is -0.301. The van der Waals surface area contributed by atoms with Crippen LogP contribution < -0.4 is 0 Å². The predicted molar refractivity (Wildman–Crippen MR) is 94.0 cm³/mol. The summed E-state index contributed by atoms with van der Waals surface area (Å²) in [5, 5.41) is 0. The fourth-order valence-corrected chi connectivity index (χ4v) is 2.48. The maximum Gasteiger partial charge on any atom is 0.373 e. The van der Waals surface area contributed by atoms with Crippen molar-refractivity contribution in [2.24, 2.45) is 0 Å². The molecule has 2 rings (SSSR count). The van der Waals surface area contributed by atoms with Crippen molar-refractivity contribution in [3.05, 3.63) is 57.3 Å². The number of aromatic nitrogens is 1. The van der Waals surface area contributed by atoms with Crippen LogP contribution >= 0.6 is 15.9 Å². The SMILES string of the molecule is CCc1ccc(C(=O)c2cc(Br)cc(C(=O)OOC(C)(C)C)c2)[nH]1. The van der Waals surface area contributed by atoms with Gasteiger partial charge >= 0.3 is 5.97 Å². The number of H-pyrrole nitrogens is 1. The molecule has 0 fully saturated rings. The summed E-state index contributed by atoms with van der Waals surface area (Å²) in [6.45, 7) is 7.31. The third kappa shape index (κ3) is 4.79. The molecule has 0 unspecified atom stereocenters. The molecule has 0 amide bonds. The van der Waals surface area contributed by atoms with Crippen molar-refractivity contribution in [2.75, 3.05) is 0 Å². The Hall–Kier alpha value is -1.92. The molecule has 5 nitrogen and oxygen atoms in total. The lowest BCUT2D eigenvalue weighted by atomic mass is 10.1. The summed E-state index contributed by atoms with van der Waals surface area (Å²) in [6.07, 6.45) is 0.813. The normalized spacial score (nSPS) is 11.4. The molecule has 128 valence electrons. The lowest BCUT2D eigenvalue weighted by Gasteiger charge is -2.16. The zero-order valence-corrected chi connectivity index (χ0v) is 15.7. The summed E-state index contributed by atoms with van der Waals surface area (Å²) in [5.74, 6) is -0.845. The van der Waals surface area contributed by atoms with Crippen LogP contribution in [0.25, 0.3) is 0 Å². The number of carbonyl (C=O) groups is 2. The lowest BCUT2D eigenvalue weighted by Crippen LogP contribution is -2.22. The fourth-order valence-electron chi connectivity index (χ4n) is 1.98. The number of carbonyl (C=O) groups excluding carboxylic acids is 2. The van der Waals surface area contributed by atoms with Crippen molar-refractivity contribution in [2.45, 2.75) is 39.7 Å². The fraction of sp³-hybridized carbons (Fsp3) is 0.333. The Morgan fingerprint density at radius 2 is 1.79 bits per heavy atom. The van der Waals surface area contributed by atoms with E-state index < -0.39 is 11.6 Å². The van der Waals surface area contributed by atoms with E-state index >= 15 is 0 Å². The molecule has 6 heteroatoms. The van der Waals surface area contributed by atoms with E-state index in [4.69, 9.17) is 9.78 Å². The monoisotopic (exact) mass is 393 g/mol. The van der Waals surface area contributed by atoms with E-state index in [2.05, 4.69) is 20.9 Å². The van der Waals surface area contributed by atoms with Crippen molar-refractivity contribution < 1.29 is 19.4 Å². The van der Waals surface area contributed by atoms with Gasteiger partial charge in [-0.25, -0.2) is 4.79 Å². The second-order valence-electron chi connectivity index (χ2n) is 6.38. The summed E-state index contributed by atoms with van der Waals surface area (Å²) in [4.78, 5) is 37.6. The third-order valence-corrected chi connectivity index (χ3v) is 3.59. The van der Waals surface area contributed by atoms with E-state index in [1.807, 2.05) is 13.0 Å². The smallest absolute Gasteiger partial charge is 0.356 e. The Labute approximate surface area is 149 Å². The van der Waals surface area contributed by atoms with E-state index in [0.29, 0.717) is 15.7 Å². The van der Waals surface area contributed by atoms with Crippen LogP contribution in [0.2, 0.25) is 0 Å². The maximum atomic E-state index is 12.6. The number of benzene rings is 1. The highest BCUT2D eigenvalue weighted by Crippen LogP contribution is 2.20. The van der Waals surface area contributed by atoms with Crippen molar-refractivity contribution >= 4 is 27.7 Å². The molecule has 1 N–H and O–H groups in total. The summed E-state index contributed by atoms with van der Waals surface area (Å²) in [7, 11) is 0. The molecule has 1 aromatic carbocycles. The van der Waals surface area contributed by atoms with Crippen molar-refractivity contribution in [3.63, 3.8) is 0 Å². The number of halogens is 1. The van der Waals surface area contributed by atoms with Gasteiger partial charge in [0.25, 0.3) is 0 Å². The van der Waals surface area contributed by atoms with Crippen LogP contribution in [-0.2, 0) is 16.2 Å². The van der Waals surface area contributed by atoms with E-state index in [1.54, 1.807) is 39.0 Å². The van der Waals surface area contributed by atoms with Crippen LogP contribution in [0.3, 0.4) is 0 Å². The molecule has 0 aliphatic heterocycles. The molecular weight excluding hydrogens is 374 g/mol. The number of aromatic amines is 1. The molecule has 0 saturated heterocycles. The third-order valence-electron chi connectivity index (χ3n) is 3.13. The first-order valence-electron chi connectivity index (χ1n) is 7.63. The molecule has 0 atom stereocenters. The molecule has 0 saturated carbocycles. The van der Waals surface area contributed by atoms with Crippen LogP contribution in [0.5, 0.6) is 0 Å². The second kappa shape index (κ2) is 7.32. The average molecular weight is 394 g/mol. The molecular formula is C18H20BrNO4. The topological polar surface area (TPSA) is 68.4 Å². The van der Waals surface area contributed by atoms with E-state index in [-0.39, 0.29) is 11.3 Å². The Morgan fingerprint density at radius 3 is 2.38 bits per heavy atom. The first-order chi connectivity index (χ1) is 11.2. The number of ketones is 1. The zero-order valence-electron chi connectivity index (χ0n) is 14.1. The Morgan fingerprint density at radius 1 is 1.12 bits per heavy atom. The number of hydrogen-bond donors (Lipinski definition) is 1. The highest BCUT2D eigenvalue weighted by molar-refractivity contribution is 9.10. The molecule has 1 heterocycles. The number of hydrogen-bond acceptors (Lipinski definition) is 4. The van der Waals surface area contributed by atoms with Gasteiger partial charge in [0.2, 0.25) is 5.78 Å². The van der Waals surface area contributed by atoms with Crippen LogP contribution in [0.4, 0.5) is 0 Å². The molecule has 0 radical (unpaired) electrons. The molecule has 0 aliphatic carbocycles. The predicted octanol–water partition coefficient (Wildman–Crippen LogP) is 4.46. The van der Waals surface area contributed by atoms with Gasteiger partial charge in [-0.1, -0.05) is 22.9 Å². The molecule has 1 aromatic heterocycles. The summed E-state index contributed by atoms with van der Waals surface area (Å²) < 4.78 is 0.610. The van der Waals surface area contributed by atoms with E-state index in [1.165, 1.54) is 6.07 Å². The van der Waals surface area contributed by atoms with Gasteiger partial charge in [-0.05, 0) is 57.5 Å². The molecule has 0 aliphatic rings. The van der Waals surface area contributed by atoms with Gasteiger partial charge in [0, 0.05) is 15.7 Å². The summed E-state index contributed by atoms with van der Waals surface area (Å²) in [5.41, 5.74) is 1.47. The van der Waals surface area contributed by atoms with Crippen LogP contribution in [0.15, 0.2) is 34.8 Å². The highest BCUT2D eigenvalue weighted by atomic mass is 79.9. The van der Waals surface area contributed by atoms with Gasteiger partial charge in [0.15, 0.2) is 0 Å². The van der Waals surface area contributed by atoms with Crippen LogP contribution in [0, 0.1) is 0 Å². The Balaban J connectivity index is 2.24. The largest absolute Gasteiger partial charge is 0.373 e. The standard InChI is InChI=1S/C18H20BrNO4/c1-5-14-6-7-15(20-14)16(21)11-8-12(10-13(19)9-11)17(22)23-24-18(2,3)4/h6-10,20H,5H2,1-4H3. The van der Waals surface area contributed by atoms with E-state index in [9.17, 15) is 9.59 Å². The minimum atomic E-state index is -0.652. The van der Waals surface area contributed by atoms with Crippen LogP contribution in [-0.4, -0.2) is 22.3 Å². The zero-order chi connectivity index (χ0) is 17.9. The van der Waals surface area contributed by atoms with Gasteiger partial charge in [-0.15, -0.1) is 0 Å². The van der Waals surface area contributed by atoms with Gasteiger partial charge in [-0.3, -0.25) is 9.68 Å². The molecule has 24 heavy (non-hydrogen) atoms. The summed E-state index contributed by atoms with van der Waals surface area (Å²) >= 11 is 3.32. The maximum absolute atomic E-state index is 12.6. The number of aryl methyl sites for hydroxylation is 1. The highest BCUT2D eigenvalue weighted by Gasteiger charge is 2.19. The van der Waals surface area contributed by atoms with Crippen molar-refractivity contribution in [1.29, 1.82) is 0 Å². The second-order valence-corrected chi connectivity index (χ2v) is 7.29. The number of rotatable bonds is 5. The minimum Gasteiger partial charge on any atom is -0.356 e. The van der Waals surface area contributed by atoms with E-state index in [0.717, 1.165) is 12.1 Å². The molecule has 2 aromatic rings. The minimum absolute atomic E-state index is 0.193. The van der Waals surface area contributed by atoms with Gasteiger partial charge < -0.3 is 4.98 Å². The summed E-state index contributed by atoms with van der Waals surface area (Å²) in [6, 6.07) is 8.35. The first-order valence-corrected chi connectivity index (χ1v) is 8.42. The number of nitrogens with one attached hydrogen (secondary N) is 1. The quantitative estimate of drug-likeness (QED) is 0.462. The first kappa shape index (κ1) is 18.4. The Kier molecular flexibility index (Phi) is 5.62.